The van der Waals surface area contributed by atoms with Crippen molar-refractivity contribution < 1.29 is 0 Å². The summed E-state index contributed by atoms with van der Waals surface area (Å²) in [6, 6.07) is 0.869. The number of hydrogen-bond donors (Lipinski definition) is 1. The molecular formula is C14H33N3. The molecule has 17 heavy (non-hydrogen) atoms. The molecule has 2 aliphatic rings. The maximum atomic E-state index is 3.40. The number of rotatable bonds is 3. The second-order valence-corrected chi connectivity index (χ2v) is 4.20. The van der Waals surface area contributed by atoms with Crippen LogP contribution in [0.1, 0.15) is 41.0 Å². The highest BCUT2D eigenvalue weighted by atomic mass is 15.3. The van der Waals surface area contributed by atoms with Crippen molar-refractivity contribution in [3.63, 3.8) is 0 Å². The molecule has 0 radical (unpaired) electrons. The van der Waals surface area contributed by atoms with E-state index in [0.29, 0.717) is 0 Å². The first-order valence-electron chi connectivity index (χ1n) is 7.57. The van der Waals surface area contributed by atoms with E-state index in [0.717, 1.165) is 6.04 Å². The molecule has 0 aromatic carbocycles. The average molecular weight is 243 g/mol. The van der Waals surface area contributed by atoms with E-state index in [1.54, 1.807) is 0 Å². The molecule has 0 unspecified atom stereocenters. The number of nitrogens with zero attached hydrogens (tertiary/aromatic N) is 2. The lowest BCUT2D eigenvalue weighted by molar-refractivity contribution is 0.0276. The van der Waals surface area contributed by atoms with Crippen LogP contribution >= 0.6 is 0 Å². The van der Waals surface area contributed by atoms with E-state index in [2.05, 4.69) is 22.0 Å². The molecular weight excluding hydrogens is 210 g/mol. The van der Waals surface area contributed by atoms with E-state index >= 15 is 0 Å². The van der Waals surface area contributed by atoms with Crippen molar-refractivity contribution in [2.24, 2.45) is 0 Å². The van der Waals surface area contributed by atoms with Crippen LogP contribution in [-0.2, 0) is 0 Å². The van der Waals surface area contributed by atoms with E-state index < -0.39 is 0 Å². The van der Waals surface area contributed by atoms with Gasteiger partial charge in [-0.3, -0.25) is 4.90 Å². The minimum atomic E-state index is 0.869. The molecule has 0 bridgehead atoms. The Morgan fingerprint density at radius 2 is 1.53 bits per heavy atom. The molecule has 0 aromatic heterocycles. The standard InChI is InChI=1S/C10H21N3.2C2H6/c1-2-5-12-8-10(9-12)13-6-3-11-4-7-13;2*1-2/h10-11H,2-9H2,1H3;2*1-2H3. The van der Waals surface area contributed by atoms with Crippen molar-refractivity contribution in [3.05, 3.63) is 0 Å². The third kappa shape index (κ3) is 5.84. The highest BCUT2D eigenvalue weighted by Crippen LogP contribution is 2.15. The minimum absolute atomic E-state index is 0.869. The molecule has 2 aliphatic heterocycles. The van der Waals surface area contributed by atoms with Crippen LogP contribution in [0.5, 0.6) is 0 Å². The Hall–Kier alpha value is -0.120. The van der Waals surface area contributed by atoms with Gasteiger partial charge in [0, 0.05) is 45.3 Å². The topological polar surface area (TPSA) is 18.5 Å². The Kier molecular flexibility index (Phi) is 10.9. The third-order valence-corrected chi connectivity index (χ3v) is 3.15. The largest absolute Gasteiger partial charge is 0.314 e. The Morgan fingerprint density at radius 3 is 2.00 bits per heavy atom. The van der Waals surface area contributed by atoms with Crippen LogP contribution in [0.4, 0.5) is 0 Å². The Labute approximate surface area is 109 Å². The van der Waals surface area contributed by atoms with Gasteiger partial charge in [0.2, 0.25) is 0 Å². The Morgan fingerprint density at radius 1 is 1.00 bits per heavy atom. The van der Waals surface area contributed by atoms with Gasteiger partial charge in [-0.2, -0.15) is 0 Å². The fourth-order valence-corrected chi connectivity index (χ4v) is 2.32. The van der Waals surface area contributed by atoms with Crippen LogP contribution in [0.2, 0.25) is 0 Å². The van der Waals surface area contributed by atoms with Crippen molar-refractivity contribution >= 4 is 0 Å². The lowest BCUT2D eigenvalue weighted by Crippen LogP contribution is -2.62. The van der Waals surface area contributed by atoms with Gasteiger partial charge < -0.3 is 10.2 Å². The average Bonchev–Trinajstić information content (AvgIpc) is 2.39. The molecule has 0 spiro atoms. The highest BCUT2D eigenvalue weighted by molar-refractivity contribution is 4.89. The van der Waals surface area contributed by atoms with Gasteiger partial charge in [-0.25, -0.2) is 0 Å². The summed E-state index contributed by atoms with van der Waals surface area (Å²) in [6.07, 6.45) is 1.30. The van der Waals surface area contributed by atoms with Crippen molar-refractivity contribution in [2.75, 3.05) is 45.8 Å². The van der Waals surface area contributed by atoms with Gasteiger partial charge in [0.05, 0.1) is 0 Å². The predicted molar refractivity (Wildman–Crippen MR) is 77.7 cm³/mol. The molecule has 2 fully saturated rings. The first kappa shape index (κ1) is 16.9. The molecule has 2 saturated heterocycles. The summed E-state index contributed by atoms with van der Waals surface area (Å²) in [5.74, 6) is 0. The highest BCUT2D eigenvalue weighted by Gasteiger charge is 2.31. The molecule has 0 aromatic rings. The molecule has 0 amide bonds. The molecule has 3 nitrogen and oxygen atoms in total. The fraction of sp³-hybridized carbons (Fsp3) is 1.00. The summed E-state index contributed by atoms with van der Waals surface area (Å²) in [5, 5.41) is 3.40. The quantitative estimate of drug-likeness (QED) is 0.818. The predicted octanol–water partition coefficient (Wildman–Crippen LogP) is 2.04. The van der Waals surface area contributed by atoms with Crippen LogP contribution in [0.15, 0.2) is 0 Å². The Balaban J connectivity index is 0.000000581. The van der Waals surface area contributed by atoms with Gasteiger partial charge in [-0.15, -0.1) is 0 Å². The first-order chi connectivity index (χ1) is 8.40. The second-order valence-electron chi connectivity index (χ2n) is 4.20. The zero-order valence-corrected chi connectivity index (χ0v) is 12.6. The SMILES string of the molecule is CC.CC.CCCN1CC(N2CCNCC2)C1. The van der Waals surface area contributed by atoms with Gasteiger partial charge in [-0.1, -0.05) is 34.6 Å². The van der Waals surface area contributed by atoms with Gasteiger partial charge in [0.15, 0.2) is 0 Å². The van der Waals surface area contributed by atoms with E-state index in [-0.39, 0.29) is 0 Å². The van der Waals surface area contributed by atoms with Crippen molar-refractivity contribution in [3.8, 4) is 0 Å². The van der Waals surface area contributed by atoms with Crippen LogP contribution in [0, 0.1) is 0 Å². The summed E-state index contributed by atoms with van der Waals surface area (Å²) < 4.78 is 0. The van der Waals surface area contributed by atoms with E-state index in [9.17, 15) is 0 Å². The first-order valence-corrected chi connectivity index (χ1v) is 7.57. The summed E-state index contributed by atoms with van der Waals surface area (Å²) in [7, 11) is 0. The minimum Gasteiger partial charge on any atom is -0.314 e. The zero-order chi connectivity index (χ0) is 13.1. The third-order valence-electron chi connectivity index (χ3n) is 3.15. The van der Waals surface area contributed by atoms with Gasteiger partial charge >= 0.3 is 0 Å². The lowest BCUT2D eigenvalue weighted by Gasteiger charge is -2.46. The van der Waals surface area contributed by atoms with Crippen molar-refractivity contribution in [2.45, 2.75) is 47.1 Å². The monoisotopic (exact) mass is 243 g/mol. The number of piperazine rings is 1. The maximum Gasteiger partial charge on any atom is 0.0351 e. The molecule has 2 heterocycles. The van der Waals surface area contributed by atoms with Crippen molar-refractivity contribution in [1.82, 2.24) is 15.1 Å². The smallest absolute Gasteiger partial charge is 0.0351 e. The van der Waals surface area contributed by atoms with E-state index in [1.165, 1.54) is 52.2 Å². The van der Waals surface area contributed by atoms with E-state index in [4.69, 9.17) is 0 Å². The maximum absolute atomic E-state index is 3.40. The Bertz CT molecular complexity index is 150. The molecule has 0 aliphatic carbocycles. The number of likely N-dealkylation sites (tertiary alicyclic amines) is 1. The van der Waals surface area contributed by atoms with Crippen LogP contribution in [0.25, 0.3) is 0 Å². The van der Waals surface area contributed by atoms with Gasteiger partial charge in [-0.05, 0) is 13.0 Å². The zero-order valence-electron chi connectivity index (χ0n) is 12.6. The molecule has 0 saturated carbocycles. The molecule has 1 N–H and O–H groups in total. The molecule has 0 atom stereocenters. The van der Waals surface area contributed by atoms with Crippen LogP contribution in [0.3, 0.4) is 0 Å². The number of nitrogens with one attached hydrogen (secondary N) is 1. The van der Waals surface area contributed by atoms with Crippen LogP contribution < -0.4 is 5.32 Å². The van der Waals surface area contributed by atoms with Gasteiger partial charge in [0.25, 0.3) is 0 Å². The molecule has 104 valence electrons. The van der Waals surface area contributed by atoms with Crippen molar-refractivity contribution in [1.29, 1.82) is 0 Å². The van der Waals surface area contributed by atoms with Crippen LogP contribution in [-0.4, -0.2) is 61.7 Å². The summed E-state index contributed by atoms with van der Waals surface area (Å²) >= 11 is 0. The summed E-state index contributed by atoms with van der Waals surface area (Å²) in [4.78, 5) is 5.20. The summed E-state index contributed by atoms with van der Waals surface area (Å²) in [6.45, 7) is 19.1. The summed E-state index contributed by atoms with van der Waals surface area (Å²) in [5.41, 5.74) is 0. The normalized spacial score (nSPS) is 21.7. The van der Waals surface area contributed by atoms with E-state index in [1.807, 2.05) is 27.7 Å². The molecule has 2 rings (SSSR count). The fourth-order valence-electron chi connectivity index (χ4n) is 2.32. The molecule has 3 heteroatoms. The van der Waals surface area contributed by atoms with Gasteiger partial charge in [0.1, 0.15) is 0 Å². The second kappa shape index (κ2) is 11.0. The lowest BCUT2D eigenvalue weighted by atomic mass is 10.1. The number of hydrogen-bond acceptors (Lipinski definition) is 3.